The SMILES string of the molecule is Br.C[C@H](N)C(=O)N[C@@H](CCC(=O)O)C(N)P(=O)(O)O. The highest BCUT2D eigenvalue weighted by Gasteiger charge is 2.34. The van der Waals surface area contributed by atoms with Crippen molar-refractivity contribution in [1.29, 1.82) is 0 Å². The summed E-state index contributed by atoms with van der Waals surface area (Å²) in [7, 11) is -4.63. The van der Waals surface area contributed by atoms with Crippen LogP contribution in [-0.4, -0.2) is 44.6 Å². The third-order valence-electron chi connectivity index (χ3n) is 2.21. The van der Waals surface area contributed by atoms with Crippen LogP contribution < -0.4 is 16.8 Å². The Hall–Kier alpha value is -0.510. The van der Waals surface area contributed by atoms with Gasteiger partial charge in [0.05, 0.1) is 12.1 Å². The molecule has 1 unspecified atom stereocenters. The van der Waals surface area contributed by atoms with Crippen molar-refractivity contribution < 1.29 is 29.0 Å². The second-order valence-electron chi connectivity index (χ2n) is 3.92. The molecule has 0 aliphatic rings. The number of nitrogens with two attached hydrogens (primary N) is 2. The van der Waals surface area contributed by atoms with Gasteiger partial charge in [-0.1, -0.05) is 0 Å². The van der Waals surface area contributed by atoms with Crippen LogP contribution in [0.3, 0.4) is 0 Å². The molecule has 0 rings (SSSR count). The Balaban J connectivity index is 0. The predicted octanol–water partition coefficient (Wildman–Crippen LogP) is -1.28. The van der Waals surface area contributed by atoms with Gasteiger partial charge in [0.15, 0.2) is 0 Å². The highest BCUT2D eigenvalue weighted by molar-refractivity contribution is 8.93. The van der Waals surface area contributed by atoms with Crippen molar-refractivity contribution in [3.8, 4) is 0 Å². The zero-order valence-corrected chi connectivity index (χ0v) is 12.8. The fraction of sp³-hybridized carbons (Fsp3) is 0.750. The summed E-state index contributed by atoms with van der Waals surface area (Å²) in [5.41, 5.74) is 10.6. The molecule has 0 aromatic carbocycles. The van der Waals surface area contributed by atoms with Crippen LogP contribution in [0.5, 0.6) is 0 Å². The summed E-state index contributed by atoms with van der Waals surface area (Å²) in [4.78, 5) is 39.6. The first-order valence-electron chi connectivity index (χ1n) is 5.14. The van der Waals surface area contributed by atoms with Crippen molar-refractivity contribution in [3.63, 3.8) is 0 Å². The zero-order chi connectivity index (χ0) is 14.5. The van der Waals surface area contributed by atoms with Crippen LogP contribution in [0.2, 0.25) is 0 Å². The molecule has 8 N–H and O–H groups in total. The average molecular weight is 364 g/mol. The average Bonchev–Trinajstić information content (AvgIpc) is 2.20. The summed E-state index contributed by atoms with van der Waals surface area (Å²) in [5.74, 6) is -3.48. The van der Waals surface area contributed by atoms with Crippen molar-refractivity contribution in [2.24, 2.45) is 11.5 Å². The summed E-state index contributed by atoms with van der Waals surface area (Å²) in [6.07, 6.45) is -0.572. The maximum atomic E-state index is 11.3. The molecule has 9 nitrogen and oxygen atoms in total. The summed E-state index contributed by atoms with van der Waals surface area (Å²) in [6.45, 7) is 1.38. The Morgan fingerprint density at radius 3 is 2.11 bits per heavy atom. The van der Waals surface area contributed by atoms with Crippen molar-refractivity contribution in [3.05, 3.63) is 0 Å². The van der Waals surface area contributed by atoms with Gasteiger partial charge in [-0.05, 0) is 13.3 Å². The molecule has 0 saturated carbocycles. The molecule has 1 amide bonds. The van der Waals surface area contributed by atoms with E-state index in [1.165, 1.54) is 6.92 Å². The number of carboxylic acid groups (broad SMARTS) is 1. The highest BCUT2D eigenvalue weighted by atomic mass is 79.9. The molecule has 0 aliphatic carbocycles. The predicted molar refractivity (Wildman–Crippen MR) is 72.8 cm³/mol. The van der Waals surface area contributed by atoms with E-state index in [0.717, 1.165) is 0 Å². The van der Waals surface area contributed by atoms with Gasteiger partial charge < -0.3 is 31.7 Å². The lowest BCUT2D eigenvalue weighted by Gasteiger charge is -2.25. The minimum Gasteiger partial charge on any atom is -0.481 e. The maximum Gasteiger partial charge on any atom is 0.344 e. The molecule has 0 heterocycles. The van der Waals surface area contributed by atoms with Crippen molar-refractivity contribution in [2.75, 3.05) is 0 Å². The van der Waals surface area contributed by atoms with E-state index >= 15 is 0 Å². The van der Waals surface area contributed by atoms with Crippen molar-refractivity contribution >= 4 is 36.5 Å². The zero-order valence-electron chi connectivity index (χ0n) is 10.2. The van der Waals surface area contributed by atoms with Crippen LogP contribution in [0.4, 0.5) is 0 Å². The third-order valence-corrected chi connectivity index (χ3v) is 3.35. The second kappa shape index (κ2) is 8.62. The Labute approximate surface area is 120 Å². The maximum absolute atomic E-state index is 11.3. The number of carbonyl (C=O) groups excluding carboxylic acids is 1. The molecule has 0 fully saturated rings. The Morgan fingerprint density at radius 1 is 1.32 bits per heavy atom. The van der Waals surface area contributed by atoms with E-state index in [2.05, 4.69) is 5.32 Å². The number of hydrogen-bond acceptors (Lipinski definition) is 5. The van der Waals surface area contributed by atoms with Crippen LogP contribution in [0.1, 0.15) is 19.8 Å². The van der Waals surface area contributed by atoms with Gasteiger partial charge in [0.25, 0.3) is 0 Å². The first kappa shape index (κ1) is 20.8. The quantitative estimate of drug-likeness (QED) is 0.303. The smallest absolute Gasteiger partial charge is 0.344 e. The van der Waals surface area contributed by atoms with E-state index in [-0.39, 0.29) is 29.8 Å². The van der Waals surface area contributed by atoms with Crippen LogP contribution in [0, 0.1) is 0 Å². The van der Waals surface area contributed by atoms with Crippen molar-refractivity contribution in [1.82, 2.24) is 5.32 Å². The van der Waals surface area contributed by atoms with E-state index in [1.54, 1.807) is 0 Å². The van der Waals surface area contributed by atoms with Gasteiger partial charge >= 0.3 is 13.6 Å². The van der Waals surface area contributed by atoms with Crippen LogP contribution in [0.15, 0.2) is 0 Å². The molecule has 19 heavy (non-hydrogen) atoms. The standard InChI is InChI=1S/C8H18N3O6P.BrH/c1-4(9)8(14)11-5(2-3-6(12)13)7(10)18(15,16)17;/h4-5,7H,2-3,9-10H2,1H3,(H,11,14)(H,12,13)(H2,15,16,17);1H/t4-,5-,7?;/m0./s1. The molecule has 0 aromatic rings. The van der Waals surface area contributed by atoms with E-state index in [1.807, 2.05) is 0 Å². The lowest BCUT2D eigenvalue weighted by atomic mass is 10.1. The first-order chi connectivity index (χ1) is 8.05. The fourth-order valence-corrected chi connectivity index (χ4v) is 1.85. The minimum atomic E-state index is -4.63. The Kier molecular flexibility index (Phi) is 9.44. The Morgan fingerprint density at radius 2 is 1.79 bits per heavy atom. The Bertz CT molecular complexity index is 360. The number of carboxylic acids is 1. The van der Waals surface area contributed by atoms with E-state index in [0.29, 0.717) is 0 Å². The lowest BCUT2D eigenvalue weighted by Crippen LogP contribution is -2.51. The number of halogens is 1. The summed E-state index contributed by atoms with van der Waals surface area (Å²) >= 11 is 0. The molecular formula is C8H19BrN3O6P. The number of amides is 1. The number of nitrogens with one attached hydrogen (secondary N) is 1. The monoisotopic (exact) mass is 363 g/mol. The van der Waals surface area contributed by atoms with Gasteiger partial charge in [0, 0.05) is 6.42 Å². The lowest BCUT2D eigenvalue weighted by molar-refractivity contribution is -0.137. The van der Waals surface area contributed by atoms with Crippen LogP contribution in [0.25, 0.3) is 0 Å². The molecule has 0 saturated heterocycles. The molecule has 0 radical (unpaired) electrons. The number of hydrogen-bond donors (Lipinski definition) is 6. The van der Waals surface area contributed by atoms with Gasteiger partial charge in [0.1, 0.15) is 5.78 Å². The third kappa shape index (κ3) is 8.30. The molecule has 0 bridgehead atoms. The molecule has 11 heteroatoms. The minimum absolute atomic E-state index is 0. The summed E-state index contributed by atoms with van der Waals surface area (Å²) in [6, 6.07) is -2.04. The summed E-state index contributed by atoms with van der Waals surface area (Å²) < 4.78 is 11.0. The normalized spacial score (nSPS) is 15.8. The highest BCUT2D eigenvalue weighted by Crippen LogP contribution is 2.40. The molecule has 3 atom stereocenters. The number of rotatable bonds is 7. The molecule has 114 valence electrons. The molecule has 0 spiro atoms. The van der Waals surface area contributed by atoms with Gasteiger partial charge in [-0.15, -0.1) is 17.0 Å². The van der Waals surface area contributed by atoms with Gasteiger partial charge in [0.2, 0.25) is 5.91 Å². The van der Waals surface area contributed by atoms with E-state index < -0.39 is 37.3 Å². The topological polar surface area (TPSA) is 176 Å². The second-order valence-corrected chi connectivity index (χ2v) is 5.69. The van der Waals surface area contributed by atoms with Crippen molar-refractivity contribution in [2.45, 2.75) is 37.6 Å². The first-order valence-corrected chi connectivity index (χ1v) is 6.82. The van der Waals surface area contributed by atoms with Crippen LogP contribution in [-0.2, 0) is 14.2 Å². The number of aliphatic carboxylic acids is 1. The molecule has 0 aliphatic heterocycles. The molecular weight excluding hydrogens is 345 g/mol. The number of carbonyl (C=O) groups is 2. The van der Waals surface area contributed by atoms with Crippen LogP contribution >= 0.6 is 24.6 Å². The van der Waals surface area contributed by atoms with Gasteiger partial charge in [-0.25, -0.2) is 0 Å². The summed E-state index contributed by atoms with van der Waals surface area (Å²) in [5, 5.41) is 10.8. The largest absolute Gasteiger partial charge is 0.481 e. The van der Waals surface area contributed by atoms with E-state index in [4.69, 9.17) is 26.4 Å². The van der Waals surface area contributed by atoms with Gasteiger partial charge in [-0.2, -0.15) is 0 Å². The van der Waals surface area contributed by atoms with Gasteiger partial charge in [-0.3, -0.25) is 14.2 Å². The molecule has 0 aromatic heterocycles. The fourth-order valence-electron chi connectivity index (χ4n) is 1.16. The van der Waals surface area contributed by atoms with E-state index in [9.17, 15) is 14.2 Å².